The molecule has 0 aliphatic carbocycles. The predicted octanol–water partition coefficient (Wildman–Crippen LogP) is 0.140. The summed E-state index contributed by atoms with van der Waals surface area (Å²) in [5.74, 6) is -2.79. The average Bonchev–Trinajstić information content (AvgIpc) is 2.79. The summed E-state index contributed by atoms with van der Waals surface area (Å²) in [5.41, 5.74) is 6.61. The van der Waals surface area contributed by atoms with E-state index in [1.165, 1.54) is 12.1 Å². The number of phenols is 1. The topological polar surface area (TPSA) is 171 Å². The van der Waals surface area contributed by atoms with Crippen LogP contribution in [0.2, 0.25) is 0 Å². The number of thioether (sulfide) groups is 1. The molecule has 0 aliphatic rings. The lowest BCUT2D eigenvalue weighted by Crippen LogP contribution is -2.59. The number of aromatic hydroxyl groups is 1. The first-order chi connectivity index (χ1) is 16.0. The van der Waals surface area contributed by atoms with Gasteiger partial charge < -0.3 is 31.9 Å². The van der Waals surface area contributed by atoms with Gasteiger partial charge in [0.25, 0.3) is 0 Å². The Morgan fingerprint density at radius 3 is 2.09 bits per heavy atom. The lowest BCUT2D eigenvalue weighted by molar-refractivity contribution is -0.142. The molecule has 4 unspecified atom stereocenters. The highest BCUT2D eigenvalue weighted by Crippen LogP contribution is 2.12. The molecule has 1 aromatic rings. The Hall–Kier alpha value is -2.44. The molecule has 0 radical (unpaired) electrons. The van der Waals surface area contributed by atoms with Crippen molar-refractivity contribution in [1.82, 2.24) is 16.0 Å². The Morgan fingerprint density at radius 2 is 1.59 bits per heavy atom. The fraction of sp³-hybridized carbons (Fsp3) is 0.545. The highest BCUT2D eigenvalue weighted by atomic mass is 32.2. The summed E-state index contributed by atoms with van der Waals surface area (Å²) in [7, 11) is 0. The van der Waals surface area contributed by atoms with E-state index in [0.29, 0.717) is 17.7 Å². The number of amides is 3. The number of carboxylic acids is 1. The van der Waals surface area contributed by atoms with Gasteiger partial charge in [-0.3, -0.25) is 14.4 Å². The van der Waals surface area contributed by atoms with E-state index >= 15 is 0 Å². The van der Waals surface area contributed by atoms with Gasteiger partial charge in [0.1, 0.15) is 23.9 Å². The van der Waals surface area contributed by atoms with Gasteiger partial charge in [-0.05, 0) is 42.0 Å². The summed E-state index contributed by atoms with van der Waals surface area (Å²) >= 11 is 5.48. The molecule has 4 atom stereocenters. The van der Waals surface area contributed by atoms with Crippen LogP contribution in [0.25, 0.3) is 0 Å². The standard InChI is InChI=1S/C22H34N4O6S2/c1-12(2)18(21(30)25-17(11-33)22(31)32)26-20(29)16(10-13-4-6-14(27)7-5-13)24-19(28)15(23)8-9-34-3/h4-7,12,15-18,27,33H,8-11,23H2,1-3H3,(H,24,28)(H,25,30)(H,26,29)(H,31,32). The van der Waals surface area contributed by atoms with E-state index in [-0.39, 0.29) is 23.8 Å². The summed E-state index contributed by atoms with van der Waals surface area (Å²) in [6.45, 7) is 3.40. The maximum atomic E-state index is 13.2. The molecule has 10 nitrogen and oxygen atoms in total. The molecule has 0 heterocycles. The molecular weight excluding hydrogens is 480 g/mol. The quantitative estimate of drug-likeness (QED) is 0.172. The molecule has 0 aliphatic heterocycles. The summed E-state index contributed by atoms with van der Waals surface area (Å²) in [5, 5.41) is 26.3. The van der Waals surface area contributed by atoms with Crippen LogP contribution in [0.15, 0.2) is 24.3 Å². The lowest BCUT2D eigenvalue weighted by atomic mass is 10.0. The minimum absolute atomic E-state index is 0.0570. The number of nitrogens with two attached hydrogens (primary N) is 1. The second kappa shape index (κ2) is 14.7. The van der Waals surface area contributed by atoms with Gasteiger partial charge in [-0.1, -0.05) is 26.0 Å². The third-order valence-corrected chi connectivity index (χ3v) is 6.03. The molecule has 1 aromatic carbocycles. The van der Waals surface area contributed by atoms with Crippen LogP contribution in [0.1, 0.15) is 25.8 Å². The van der Waals surface area contributed by atoms with Gasteiger partial charge in [0.2, 0.25) is 17.7 Å². The zero-order valence-corrected chi connectivity index (χ0v) is 21.2. The molecule has 0 bridgehead atoms. The number of carbonyl (C=O) groups is 4. The summed E-state index contributed by atoms with van der Waals surface area (Å²) in [6, 6.07) is 2.05. The van der Waals surface area contributed by atoms with Crippen LogP contribution in [0.3, 0.4) is 0 Å². The van der Waals surface area contributed by atoms with Crippen LogP contribution in [0.4, 0.5) is 0 Å². The molecule has 0 saturated carbocycles. The number of rotatable bonds is 14. The first kappa shape index (κ1) is 29.6. The highest BCUT2D eigenvalue weighted by molar-refractivity contribution is 7.98. The van der Waals surface area contributed by atoms with E-state index in [2.05, 4.69) is 28.6 Å². The predicted molar refractivity (Wildman–Crippen MR) is 135 cm³/mol. The lowest BCUT2D eigenvalue weighted by Gasteiger charge is -2.27. The number of thiol groups is 1. The van der Waals surface area contributed by atoms with Crippen molar-refractivity contribution in [2.24, 2.45) is 11.7 Å². The SMILES string of the molecule is CSCCC(N)C(=O)NC(Cc1ccc(O)cc1)C(=O)NC(C(=O)NC(CS)C(=O)O)C(C)C. The second-order valence-electron chi connectivity index (χ2n) is 8.13. The molecule has 0 saturated heterocycles. The first-order valence-electron chi connectivity index (χ1n) is 10.8. The number of nitrogens with one attached hydrogen (secondary N) is 3. The van der Waals surface area contributed by atoms with Crippen molar-refractivity contribution in [2.45, 2.75) is 50.9 Å². The van der Waals surface area contributed by atoms with Gasteiger partial charge in [0, 0.05) is 12.2 Å². The number of hydrogen-bond acceptors (Lipinski definition) is 8. The number of aliphatic carboxylic acids is 1. The maximum Gasteiger partial charge on any atom is 0.327 e. The van der Waals surface area contributed by atoms with Gasteiger partial charge in [-0.25, -0.2) is 4.79 Å². The van der Waals surface area contributed by atoms with Gasteiger partial charge in [-0.2, -0.15) is 24.4 Å². The Balaban J connectivity index is 3.06. The van der Waals surface area contributed by atoms with Crippen molar-refractivity contribution in [1.29, 1.82) is 0 Å². The van der Waals surface area contributed by atoms with Crippen LogP contribution >= 0.6 is 24.4 Å². The van der Waals surface area contributed by atoms with Crippen molar-refractivity contribution >= 4 is 48.1 Å². The molecule has 190 valence electrons. The minimum atomic E-state index is -1.24. The van der Waals surface area contributed by atoms with Gasteiger partial charge in [0.05, 0.1) is 6.04 Å². The highest BCUT2D eigenvalue weighted by Gasteiger charge is 2.31. The summed E-state index contributed by atoms with van der Waals surface area (Å²) < 4.78 is 0. The van der Waals surface area contributed by atoms with E-state index in [1.807, 2.05) is 6.26 Å². The first-order valence-corrected chi connectivity index (χ1v) is 12.8. The molecule has 3 amide bonds. The molecule has 0 fully saturated rings. The Bertz CT molecular complexity index is 837. The Kier molecular flexibility index (Phi) is 12.8. The number of hydrogen-bond donors (Lipinski definition) is 7. The van der Waals surface area contributed by atoms with Crippen LogP contribution in [-0.4, -0.2) is 75.8 Å². The number of carboxylic acid groups (broad SMARTS) is 1. The van der Waals surface area contributed by atoms with E-state index < -0.39 is 47.9 Å². The van der Waals surface area contributed by atoms with Crippen molar-refractivity contribution in [3.05, 3.63) is 29.8 Å². The van der Waals surface area contributed by atoms with Gasteiger partial charge >= 0.3 is 5.97 Å². The smallest absolute Gasteiger partial charge is 0.327 e. The zero-order chi connectivity index (χ0) is 25.8. The van der Waals surface area contributed by atoms with E-state index in [9.17, 15) is 29.4 Å². The fourth-order valence-corrected chi connectivity index (χ4v) is 3.70. The molecule has 7 N–H and O–H groups in total. The third kappa shape index (κ3) is 9.82. The van der Waals surface area contributed by atoms with Crippen LogP contribution in [-0.2, 0) is 25.6 Å². The molecule has 1 rings (SSSR count). The maximum absolute atomic E-state index is 13.2. The minimum Gasteiger partial charge on any atom is -0.508 e. The van der Waals surface area contributed by atoms with Crippen molar-refractivity contribution in [2.75, 3.05) is 17.8 Å². The van der Waals surface area contributed by atoms with Crippen LogP contribution < -0.4 is 21.7 Å². The fourth-order valence-electron chi connectivity index (χ4n) is 2.97. The average molecular weight is 515 g/mol. The number of benzene rings is 1. The number of carbonyl (C=O) groups excluding carboxylic acids is 3. The van der Waals surface area contributed by atoms with Crippen molar-refractivity contribution in [3.8, 4) is 5.75 Å². The van der Waals surface area contributed by atoms with Gasteiger partial charge in [0.15, 0.2) is 0 Å². The molecule has 12 heteroatoms. The molecule has 34 heavy (non-hydrogen) atoms. The second-order valence-corrected chi connectivity index (χ2v) is 9.48. The summed E-state index contributed by atoms with van der Waals surface area (Å²) in [4.78, 5) is 49.7. The largest absolute Gasteiger partial charge is 0.508 e. The summed E-state index contributed by atoms with van der Waals surface area (Å²) in [6.07, 6.45) is 2.41. The Morgan fingerprint density at radius 1 is 1.00 bits per heavy atom. The third-order valence-electron chi connectivity index (χ3n) is 5.02. The van der Waals surface area contributed by atoms with Gasteiger partial charge in [-0.15, -0.1) is 0 Å². The zero-order valence-electron chi connectivity index (χ0n) is 19.5. The van der Waals surface area contributed by atoms with Crippen molar-refractivity contribution in [3.63, 3.8) is 0 Å². The monoisotopic (exact) mass is 514 g/mol. The molecule has 0 spiro atoms. The van der Waals surface area contributed by atoms with E-state index in [0.717, 1.165) is 0 Å². The normalized spacial score (nSPS) is 14.5. The van der Waals surface area contributed by atoms with Crippen LogP contribution in [0, 0.1) is 5.92 Å². The number of phenolic OH excluding ortho intramolecular Hbond substituents is 1. The van der Waals surface area contributed by atoms with Crippen molar-refractivity contribution < 1.29 is 29.4 Å². The molecular formula is C22H34N4O6S2. The Labute approximate surface area is 209 Å². The van der Waals surface area contributed by atoms with Crippen LogP contribution in [0.5, 0.6) is 5.75 Å². The van der Waals surface area contributed by atoms with E-state index in [1.54, 1.807) is 37.7 Å². The molecule has 0 aromatic heterocycles. The van der Waals surface area contributed by atoms with E-state index in [4.69, 9.17) is 5.73 Å².